The molecule has 0 amide bonds. The SMILES string of the molecule is CCCCN(C)Cc1cn[nH]c1-c1ccccc1C(C)(F)F. The normalized spacial score (nSPS) is 12.1. The predicted molar refractivity (Wildman–Crippen MR) is 84.8 cm³/mol. The van der Waals surface area contributed by atoms with Crippen molar-refractivity contribution in [2.75, 3.05) is 13.6 Å². The topological polar surface area (TPSA) is 31.9 Å². The monoisotopic (exact) mass is 307 g/mol. The number of rotatable bonds is 7. The highest BCUT2D eigenvalue weighted by molar-refractivity contribution is 5.67. The summed E-state index contributed by atoms with van der Waals surface area (Å²) in [5.41, 5.74) is 2.17. The molecule has 0 aliphatic heterocycles. The third-order valence-corrected chi connectivity index (χ3v) is 3.72. The Morgan fingerprint density at radius 1 is 1.27 bits per heavy atom. The van der Waals surface area contributed by atoms with Crippen LogP contribution in [-0.2, 0) is 12.5 Å². The minimum absolute atomic E-state index is 0.0247. The van der Waals surface area contributed by atoms with Crippen LogP contribution in [0.5, 0.6) is 0 Å². The number of H-pyrrole nitrogens is 1. The number of unbranched alkanes of at least 4 members (excludes halogenated alkanes) is 1. The average Bonchev–Trinajstić information content (AvgIpc) is 2.92. The van der Waals surface area contributed by atoms with Crippen molar-refractivity contribution in [3.05, 3.63) is 41.6 Å². The van der Waals surface area contributed by atoms with Gasteiger partial charge in [-0.25, -0.2) is 8.78 Å². The first-order valence-corrected chi connectivity index (χ1v) is 7.62. The van der Waals surface area contributed by atoms with E-state index in [0.717, 1.165) is 31.9 Å². The van der Waals surface area contributed by atoms with Gasteiger partial charge in [-0.05, 0) is 20.0 Å². The molecule has 0 saturated carbocycles. The van der Waals surface area contributed by atoms with E-state index in [1.165, 1.54) is 6.07 Å². The van der Waals surface area contributed by atoms with Crippen LogP contribution in [0.4, 0.5) is 8.78 Å². The van der Waals surface area contributed by atoms with Gasteiger partial charge >= 0.3 is 0 Å². The summed E-state index contributed by atoms with van der Waals surface area (Å²) in [6.07, 6.45) is 3.98. The zero-order valence-corrected chi connectivity index (χ0v) is 13.4. The molecule has 5 heteroatoms. The number of benzene rings is 1. The number of hydrogen-bond acceptors (Lipinski definition) is 2. The van der Waals surface area contributed by atoms with Gasteiger partial charge in [0.25, 0.3) is 5.92 Å². The summed E-state index contributed by atoms with van der Waals surface area (Å²) in [4.78, 5) is 2.19. The van der Waals surface area contributed by atoms with Gasteiger partial charge in [0, 0.05) is 30.2 Å². The van der Waals surface area contributed by atoms with Crippen molar-refractivity contribution >= 4 is 0 Å². The van der Waals surface area contributed by atoms with Crippen LogP contribution in [0, 0.1) is 0 Å². The van der Waals surface area contributed by atoms with Gasteiger partial charge in [-0.1, -0.05) is 37.6 Å². The molecule has 0 unspecified atom stereocenters. The Morgan fingerprint density at radius 2 is 2.00 bits per heavy atom. The van der Waals surface area contributed by atoms with Crippen molar-refractivity contribution in [1.82, 2.24) is 15.1 Å². The molecule has 2 rings (SSSR count). The van der Waals surface area contributed by atoms with Gasteiger partial charge in [-0.15, -0.1) is 0 Å². The molecule has 2 aromatic rings. The van der Waals surface area contributed by atoms with E-state index in [4.69, 9.17) is 0 Å². The largest absolute Gasteiger partial charge is 0.302 e. The van der Waals surface area contributed by atoms with Crippen molar-refractivity contribution in [3.63, 3.8) is 0 Å². The fraction of sp³-hybridized carbons (Fsp3) is 0.471. The molecule has 120 valence electrons. The average molecular weight is 307 g/mol. The summed E-state index contributed by atoms with van der Waals surface area (Å²) in [6.45, 7) is 4.74. The van der Waals surface area contributed by atoms with Gasteiger partial charge in [0.15, 0.2) is 0 Å². The molecule has 0 fully saturated rings. The van der Waals surface area contributed by atoms with Crippen molar-refractivity contribution in [2.24, 2.45) is 0 Å². The fourth-order valence-corrected chi connectivity index (χ4v) is 2.55. The highest BCUT2D eigenvalue weighted by atomic mass is 19.3. The number of aromatic amines is 1. The molecule has 0 atom stereocenters. The molecule has 0 radical (unpaired) electrons. The maximum atomic E-state index is 13.8. The van der Waals surface area contributed by atoms with Gasteiger partial charge in [-0.2, -0.15) is 5.10 Å². The highest BCUT2D eigenvalue weighted by Crippen LogP contribution is 2.36. The van der Waals surface area contributed by atoms with Gasteiger partial charge < -0.3 is 4.90 Å². The Morgan fingerprint density at radius 3 is 2.68 bits per heavy atom. The van der Waals surface area contributed by atoms with E-state index in [9.17, 15) is 8.78 Å². The summed E-state index contributed by atoms with van der Waals surface area (Å²) >= 11 is 0. The third kappa shape index (κ3) is 3.91. The summed E-state index contributed by atoms with van der Waals surface area (Å²) < 4.78 is 27.6. The van der Waals surface area contributed by atoms with Crippen molar-refractivity contribution < 1.29 is 8.78 Å². The quantitative estimate of drug-likeness (QED) is 0.821. The lowest BCUT2D eigenvalue weighted by molar-refractivity contribution is 0.0180. The van der Waals surface area contributed by atoms with Crippen LogP contribution < -0.4 is 0 Å². The maximum absolute atomic E-state index is 13.8. The third-order valence-electron chi connectivity index (χ3n) is 3.72. The first-order valence-electron chi connectivity index (χ1n) is 7.62. The molecule has 0 aliphatic carbocycles. The Labute approximate surface area is 130 Å². The van der Waals surface area contributed by atoms with E-state index in [1.54, 1.807) is 24.4 Å². The summed E-state index contributed by atoms with van der Waals surface area (Å²) in [6, 6.07) is 6.60. The molecule has 1 heterocycles. The lowest BCUT2D eigenvalue weighted by atomic mass is 9.98. The van der Waals surface area contributed by atoms with Crippen LogP contribution in [0.1, 0.15) is 37.8 Å². The smallest absolute Gasteiger partial charge is 0.271 e. The fourth-order valence-electron chi connectivity index (χ4n) is 2.55. The molecule has 0 saturated heterocycles. The number of nitrogens with one attached hydrogen (secondary N) is 1. The summed E-state index contributed by atoms with van der Waals surface area (Å²) in [5, 5.41) is 6.94. The second-order valence-electron chi connectivity index (χ2n) is 5.80. The molecule has 1 aromatic carbocycles. The van der Waals surface area contributed by atoms with Crippen molar-refractivity contribution in [1.29, 1.82) is 0 Å². The second-order valence-corrected chi connectivity index (χ2v) is 5.80. The molecule has 0 aliphatic rings. The summed E-state index contributed by atoms with van der Waals surface area (Å²) in [7, 11) is 2.03. The highest BCUT2D eigenvalue weighted by Gasteiger charge is 2.28. The molecule has 1 N–H and O–H groups in total. The lowest BCUT2D eigenvalue weighted by Gasteiger charge is -2.18. The molecule has 22 heavy (non-hydrogen) atoms. The molecular weight excluding hydrogens is 284 g/mol. The van der Waals surface area contributed by atoms with E-state index in [2.05, 4.69) is 22.0 Å². The number of halogens is 2. The number of hydrogen-bond donors (Lipinski definition) is 1. The first-order chi connectivity index (χ1) is 10.4. The Balaban J connectivity index is 2.30. The van der Waals surface area contributed by atoms with Crippen LogP contribution in [0.25, 0.3) is 11.3 Å². The zero-order chi connectivity index (χ0) is 16.2. The van der Waals surface area contributed by atoms with Crippen LogP contribution in [0.3, 0.4) is 0 Å². The summed E-state index contributed by atoms with van der Waals surface area (Å²) in [5.74, 6) is -2.88. The number of alkyl halides is 2. The standard InChI is InChI=1S/C17H23F2N3/c1-4-5-10-22(3)12-13-11-20-21-16(13)14-8-6-7-9-15(14)17(2,18)19/h6-9,11H,4-5,10,12H2,1-3H3,(H,20,21). The van der Waals surface area contributed by atoms with Crippen LogP contribution >= 0.6 is 0 Å². The number of nitrogens with zero attached hydrogens (tertiary/aromatic N) is 2. The van der Waals surface area contributed by atoms with E-state index >= 15 is 0 Å². The van der Waals surface area contributed by atoms with E-state index in [0.29, 0.717) is 17.8 Å². The predicted octanol–water partition coefficient (Wildman–Crippen LogP) is 4.42. The van der Waals surface area contributed by atoms with E-state index in [1.807, 2.05) is 7.05 Å². The number of aromatic nitrogens is 2. The van der Waals surface area contributed by atoms with Crippen LogP contribution in [0.2, 0.25) is 0 Å². The van der Waals surface area contributed by atoms with Gasteiger partial charge in [-0.3, -0.25) is 5.10 Å². The Hall–Kier alpha value is -1.75. The van der Waals surface area contributed by atoms with Crippen molar-refractivity contribution in [2.45, 2.75) is 39.2 Å². The van der Waals surface area contributed by atoms with Gasteiger partial charge in [0.2, 0.25) is 0 Å². The Kier molecular flexibility index (Phi) is 5.29. The zero-order valence-electron chi connectivity index (χ0n) is 13.4. The van der Waals surface area contributed by atoms with Crippen LogP contribution in [-0.4, -0.2) is 28.7 Å². The molecule has 3 nitrogen and oxygen atoms in total. The molecule has 1 aromatic heterocycles. The molecule has 0 spiro atoms. The van der Waals surface area contributed by atoms with Crippen LogP contribution in [0.15, 0.2) is 30.5 Å². The van der Waals surface area contributed by atoms with Gasteiger partial charge in [0.05, 0.1) is 11.9 Å². The van der Waals surface area contributed by atoms with Crippen molar-refractivity contribution in [3.8, 4) is 11.3 Å². The Bertz CT molecular complexity index is 602. The van der Waals surface area contributed by atoms with E-state index in [-0.39, 0.29) is 5.56 Å². The minimum Gasteiger partial charge on any atom is -0.302 e. The lowest BCUT2D eigenvalue weighted by Crippen LogP contribution is -2.19. The first kappa shape index (κ1) is 16.6. The maximum Gasteiger partial charge on any atom is 0.271 e. The van der Waals surface area contributed by atoms with E-state index < -0.39 is 5.92 Å². The molecule has 0 bridgehead atoms. The van der Waals surface area contributed by atoms with Gasteiger partial charge in [0.1, 0.15) is 0 Å². The second kappa shape index (κ2) is 7.01. The molecular formula is C17H23F2N3. The minimum atomic E-state index is -2.88.